The normalized spacial score (nSPS) is 23.9. The largest absolute Gasteiger partial charge is 0.508 e. The van der Waals surface area contributed by atoms with E-state index < -0.39 is 46.8 Å². The molecule has 6 aromatic rings. The van der Waals surface area contributed by atoms with Gasteiger partial charge in [0.05, 0.1) is 55.1 Å². The minimum Gasteiger partial charge on any atom is -0.508 e. The predicted molar refractivity (Wildman–Crippen MR) is 250 cm³/mol. The fraction of sp³-hybridized carbons (Fsp3) is 0.275. The Morgan fingerprint density at radius 1 is 0.831 bits per heavy atom. The molecular formula is C51H45ClN4O8S. The van der Waals surface area contributed by atoms with Gasteiger partial charge in [-0.25, -0.2) is 4.90 Å². The number of allylic oxidation sites excluding steroid dienone is 2. The molecule has 2 aromatic heterocycles. The van der Waals surface area contributed by atoms with Crippen LogP contribution in [0.2, 0.25) is 5.02 Å². The molecule has 4 amide bonds. The van der Waals surface area contributed by atoms with Gasteiger partial charge >= 0.3 is 0 Å². The van der Waals surface area contributed by atoms with E-state index in [2.05, 4.69) is 0 Å². The number of halogens is 1. The zero-order chi connectivity index (χ0) is 45.6. The van der Waals surface area contributed by atoms with Crippen LogP contribution >= 0.6 is 22.9 Å². The van der Waals surface area contributed by atoms with Crippen LogP contribution in [0.25, 0.3) is 32.8 Å². The summed E-state index contributed by atoms with van der Waals surface area (Å²) >= 11 is 7.91. The molecule has 4 aliphatic rings. The molecule has 4 aromatic carbocycles. The van der Waals surface area contributed by atoms with Crippen LogP contribution in [-0.4, -0.2) is 59.8 Å². The Hall–Kier alpha value is -6.70. The van der Waals surface area contributed by atoms with E-state index in [0.717, 1.165) is 37.2 Å². The first-order valence-corrected chi connectivity index (χ1v) is 22.5. The van der Waals surface area contributed by atoms with Gasteiger partial charge in [0.1, 0.15) is 34.5 Å². The van der Waals surface area contributed by atoms with Crippen molar-refractivity contribution in [2.24, 2.45) is 36.1 Å². The number of fused-ring (bicyclic) bond motifs is 5. The molecule has 1 saturated carbocycles. The van der Waals surface area contributed by atoms with Gasteiger partial charge in [-0.3, -0.25) is 28.8 Å². The van der Waals surface area contributed by atoms with Crippen molar-refractivity contribution in [2.75, 3.05) is 31.1 Å². The lowest BCUT2D eigenvalue weighted by Crippen LogP contribution is -2.49. The topological polar surface area (TPSA) is 140 Å². The van der Waals surface area contributed by atoms with Crippen molar-refractivity contribution in [3.8, 4) is 33.6 Å². The first kappa shape index (κ1) is 42.3. The molecule has 2 aliphatic carbocycles. The summed E-state index contributed by atoms with van der Waals surface area (Å²) in [5.74, 6) is -3.29. The molecule has 1 N–H and O–H groups in total. The van der Waals surface area contributed by atoms with E-state index in [4.69, 9.17) is 30.9 Å². The molecule has 0 unspecified atom stereocenters. The smallest absolute Gasteiger partial charge is 0.242 e. The molecule has 3 fully saturated rings. The Morgan fingerprint density at radius 3 is 2.31 bits per heavy atom. The number of amides is 4. The number of hydrogen-bond acceptors (Lipinski definition) is 10. The maximum absolute atomic E-state index is 15.3. The number of phenols is 1. The van der Waals surface area contributed by atoms with Crippen LogP contribution in [-0.2, 0) is 26.2 Å². The van der Waals surface area contributed by atoms with E-state index in [0.29, 0.717) is 45.0 Å². The Balaban J connectivity index is 1.01. The van der Waals surface area contributed by atoms with Gasteiger partial charge in [0, 0.05) is 39.9 Å². The zero-order valence-corrected chi connectivity index (χ0v) is 38.1. The number of benzene rings is 4. The molecule has 12 nitrogen and oxygen atoms in total. The van der Waals surface area contributed by atoms with Crippen molar-refractivity contribution in [2.45, 2.75) is 32.6 Å². The quantitative estimate of drug-likeness (QED) is 0.0853. The summed E-state index contributed by atoms with van der Waals surface area (Å²) in [6.45, 7) is 3.79. The molecule has 14 heteroatoms. The number of anilines is 2. The van der Waals surface area contributed by atoms with Crippen molar-refractivity contribution in [3.63, 3.8) is 0 Å². The number of nitrogens with zero attached hydrogens (tertiary/aromatic N) is 4. The van der Waals surface area contributed by atoms with Crippen LogP contribution in [0.4, 0.5) is 11.5 Å². The molecule has 10 rings (SSSR count). The van der Waals surface area contributed by atoms with Gasteiger partial charge < -0.3 is 19.3 Å². The maximum atomic E-state index is 15.3. The number of carbonyl (C=O) groups is 4. The van der Waals surface area contributed by atoms with Crippen LogP contribution < -0.4 is 24.0 Å². The highest BCUT2D eigenvalue weighted by atomic mass is 35.5. The minimum absolute atomic E-state index is 0.0734. The van der Waals surface area contributed by atoms with Crippen molar-refractivity contribution in [1.82, 2.24) is 9.78 Å². The highest BCUT2D eigenvalue weighted by molar-refractivity contribution is 7.22. The number of carbonyl (C=O) groups excluding carboxylic acids is 4. The van der Waals surface area contributed by atoms with Crippen LogP contribution in [0.5, 0.6) is 23.0 Å². The lowest BCUT2D eigenvalue weighted by Gasteiger charge is -2.49. The number of aromatic nitrogens is 2. The Kier molecular flexibility index (Phi) is 10.3. The highest BCUT2D eigenvalue weighted by Crippen LogP contribution is 2.65. The maximum Gasteiger partial charge on any atom is 0.242 e. The van der Waals surface area contributed by atoms with Gasteiger partial charge in [0.2, 0.25) is 23.6 Å². The fourth-order valence-corrected chi connectivity index (χ4v) is 12.1. The van der Waals surface area contributed by atoms with Gasteiger partial charge in [0.15, 0.2) is 0 Å². The second kappa shape index (κ2) is 15.8. The number of methoxy groups -OCH3 is 3. The molecule has 0 spiro atoms. The Labute approximate surface area is 384 Å². The number of aromatic hydroxyl groups is 1. The van der Waals surface area contributed by atoms with Gasteiger partial charge in [-0.2, -0.15) is 5.10 Å². The van der Waals surface area contributed by atoms with Gasteiger partial charge in [0.25, 0.3) is 0 Å². The molecule has 65 heavy (non-hydrogen) atoms. The van der Waals surface area contributed by atoms with E-state index >= 15 is 9.59 Å². The lowest BCUT2D eigenvalue weighted by molar-refractivity contribution is -0.131. The number of imide groups is 2. The predicted octanol–water partition coefficient (Wildman–Crippen LogP) is 9.60. The van der Waals surface area contributed by atoms with E-state index in [-0.39, 0.29) is 30.4 Å². The van der Waals surface area contributed by atoms with Gasteiger partial charge in [-0.1, -0.05) is 47.5 Å². The third-order valence-electron chi connectivity index (χ3n) is 14.1. The molecule has 0 radical (unpaired) electrons. The first-order chi connectivity index (χ1) is 31.3. The molecule has 6 atom stereocenters. The summed E-state index contributed by atoms with van der Waals surface area (Å²) in [4.78, 5) is 63.0. The average molecular weight is 909 g/mol. The van der Waals surface area contributed by atoms with E-state index in [9.17, 15) is 14.7 Å². The van der Waals surface area contributed by atoms with Crippen LogP contribution in [0.15, 0.2) is 96.6 Å². The van der Waals surface area contributed by atoms with Gasteiger partial charge in [-0.15, -0.1) is 11.3 Å². The van der Waals surface area contributed by atoms with Crippen LogP contribution in [0.3, 0.4) is 0 Å². The summed E-state index contributed by atoms with van der Waals surface area (Å²) in [6, 6.07) is 25.1. The number of phenolic OH excluding ortho intramolecular Hbond substituents is 1. The summed E-state index contributed by atoms with van der Waals surface area (Å²) < 4.78 is 19.1. The second-order valence-electron chi connectivity index (χ2n) is 17.3. The van der Waals surface area contributed by atoms with Crippen molar-refractivity contribution >= 4 is 80.3 Å². The highest BCUT2D eigenvalue weighted by Gasteiger charge is 2.68. The number of aryl methyl sites for hydroxylation is 2. The zero-order valence-electron chi connectivity index (χ0n) is 36.5. The van der Waals surface area contributed by atoms with Gasteiger partial charge in [-0.05, 0) is 116 Å². The summed E-state index contributed by atoms with van der Waals surface area (Å²) in [7, 11) is 6.43. The first-order valence-electron chi connectivity index (χ1n) is 21.3. The summed E-state index contributed by atoms with van der Waals surface area (Å²) in [6.07, 6.45) is 6.18. The Bertz CT molecular complexity index is 3060. The summed E-state index contributed by atoms with van der Waals surface area (Å²) in [5.41, 5.74) is 3.45. The number of thiophene rings is 1. The average Bonchev–Trinajstić information content (AvgIpc) is 3.98. The number of hydrogen-bond donors (Lipinski definition) is 1. The molecular weight excluding hydrogens is 864 g/mol. The third-order valence-corrected chi connectivity index (χ3v) is 15.6. The van der Waals surface area contributed by atoms with Crippen molar-refractivity contribution in [3.05, 3.63) is 124 Å². The van der Waals surface area contributed by atoms with E-state index in [1.54, 1.807) is 74.5 Å². The fourth-order valence-electron chi connectivity index (χ4n) is 10.8. The standard InChI is InChI=1S/C51H45ClN4O8S/c1-26-35-22-29(52)11-20-42(35)65-46(26)39-25-43(54(3)53-39)56-48(59)38-24-36-33(45(51(38,2)50(56)61)37-23-32(63-5)14-18-40(37)57)16-17-34-44(36)49(60)55(47(34)58)30-12-8-27(9-13-30)7-10-28-21-31(62-4)15-19-41(28)64-6/h7-16,18-23,25,34,36,38,44-45,57H,17,24H2,1-6H3/t34-,36+,38-,44-,45+,51+/m0/s1. The molecule has 4 heterocycles. The van der Waals surface area contributed by atoms with Crippen LogP contribution in [0.1, 0.15) is 47.9 Å². The molecule has 2 saturated heterocycles. The van der Waals surface area contributed by atoms with E-state index in [1.165, 1.54) is 23.0 Å². The Morgan fingerprint density at radius 2 is 1.57 bits per heavy atom. The third kappa shape index (κ3) is 6.49. The SMILES string of the molecule is COc1ccc(OC)c(C=Cc2ccc(N3C(=O)[C@H]4[C@H](CC=C5[C@H]4C[C@H]4C(=O)N(c6cc(-c7sc8ccc(Cl)cc8c7C)nn6C)C(=O)[C@@]4(C)[C@H]5c4cc(OC)ccc4O)C3=O)cc2)c1. The van der Waals surface area contributed by atoms with E-state index in [1.807, 2.05) is 73.7 Å². The van der Waals surface area contributed by atoms with Crippen molar-refractivity contribution in [1.29, 1.82) is 0 Å². The number of rotatable bonds is 9. The minimum atomic E-state index is -1.39. The lowest BCUT2D eigenvalue weighted by atomic mass is 9.51. The van der Waals surface area contributed by atoms with Crippen LogP contribution in [0, 0.1) is 36.0 Å². The molecule has 330 valence electrons. The number of ether oxygens (including phenoxy) is 3. The summed E-state index contributed by atoms with van der Waals surface area (Å²) in [5, 5.41) is 18.0. The van der Waals surface area contributed by atoms with Crippen molar-refractivity contribution < 1.29 is 38.5 Å². The molecule has 0 bridgehead atoms. The second-order valence-corrected chi connectivity index (χ2v) is 18.8. The molecule has 2 aliphatic heterocycles. The monoisotopic (exact) mass is 908 g/mol.